The Morgan fingerprint density at radius 1 is 1.12 bits per heavy atom. The lowest BCUT2D eigenvalue weighted by molar-refractivity contribution is 0.958. The number of imidazole rings is 1. The van der Waals surface area contributed by atoms with Crippen LogP contribution in [0.2, 0.25) is 0 Å². The number of benzene rings is 2. The number of hydrogen-bond donors (Lipinski definition) is 1. The topological polar surface area (TPSA) is 53.9 Å². The Labute approximate surface area is 152 Å². The van der Waals surface area contributed by atoms with Crippen molar-refractivity contribution in [3.63, 3.8) is 0 Å². The fourth-order valence-electron chi connectivity index (χ4n) is 2.85. The minimum Gasteiger partial charge on any atom is -0.377 e. The molecule has 0 aliphatic heterocycles. The molecule has 2 aromatic carbocycles. The number of para-hydroxylation sites is 2. The molecular formula is C18H15IN4O. The molecule has 2 aromatic heterocycles. The average molecular weight is 430 g/mol. The molecule has 0 bridgehead atoms. The van der Waals surface area contributed by atoms with Crippen molar-refractivity contribution in [2.75, 3.05) is 19.0 Å². The van der Waals surface area contributed by atoms with Gasteiger partial charge >= 0.3 is 0 Å². The monoisotopic (exact) mass is 430 g/mol. The molecule has 0 amide bonds. The molecule has 2 heterocycles. The number of fused-ring (bicyclic) bond motifs is 2. The number of rotatable bonds is 2. The van der Waals surface area contributed by atoms with E-state index in [-0.39, 0.29) is 5.56 Å². The Hall–Kier alpha value is -2.35. The van der Waals surface area contributed by atoms with Crippen molar-refractivity contribution >= 4 is 50.2 Å². The summed E-state index contributed by atoms with van der Waals surface area (Å²) in [6.07, 6.45) is 0. The number of anilines is 1. The van der Waals surface area contributed by atoms with Crippen LogP contribution in [0.4, 0.5) is 5.69 Å². The second-order valence-corrected chi connectivity index (χ2v) is 7.00. The van der Waals surface area contributed by atoms with E-state index in [2.05, 4.69) is 38.6 Å². The first-order valence-corrected chi connectivity index (χ1v) is 8.60. The predicted molar refractivity (Wildman–Crippen MR) is 106 cm³/mol. The number of hydrogen-bond acceptors (Lipinski definition) is 3. The molecule has 0 unspecified atom stereocenters. The molecule has 24 heavy (non-hydrogen) atoms. The molecular weight excluding hydrogens is 415 g/mol. The van der Waals surface area contributed by atoms with Crippen LogP contribution < -0.4 is 10.5 Å². The highest BCUT2D eigenvalue weighted by atomic mass is 127. The van der Waals surface area contributed by atoms with Crippen LogP contribution in [0.5, 0.6) is 0 Å². The SMILES string of the molecule is CN(C)c1cc2c(ccc(=O)n2-c2nc3ccccc3[nH]2)cc1I. The van der Waals surface area contributed by atoms with Gasteiger partial charge in [-0.1, -0.05) is 12.1 Å². The van der Waals surface area contributed by atoms with Gasteiger partial charge in [0.05, 0.1) is 22.2 Å². The van der Waals surface area contributed by atoms with Gasteiger partial charge in [0.25, 0.3) is 5.56 Å². The maximum Gasteiger partial charge on any atom is 0.257 e. The molecule has 120 valence electrons. The first kappa shape index (κ1) is 15.2. The van der Waals surface area contributed by atoms with Crippen LogP contribution in [0, 0.1) is 3.57 Å². The van der Waals surface area contributed by atoms with Crippen LogP contribution in [-0.2, 0) is 0 Å². The zero-order chi connectivity index (χ0) is 16.8. The first-order valence-electron chi connectivity index (χ1n) is 7.52. The number of halogens is 1. The Bertz CT molecular complexity index is 1090. The van der Waals surface area contributed by atoms with Crippen LogP contribution >= 0.6 is 22.6 Å². The average Bonchev–Trinajstić information content (AvgIpc) is 2.97. The van der Waals surface area contributed by atoms with E-state index in [1.54, 1.807) is 10.6 Å². The zero-order valence-electron chi connectivity index (χ0n) is 13.2. The van der Waals surface area contributed by atoms with Gasteiger partial charge in [0, 0.05) is 29.1 Å². The van der Waals surface area contributed by atoms with Gasteiger partial charge < -0.3 is 9.88 Å². The van der Waals surface area contributed by atoms with Crippen LogP contribution in [0.3, 0.4) is 0 Å². The molecule has 4 aromatic rings. The quantitative estimate of drug-likeness (QED) is 0.495. The largest absolute Gasteiger partial charge is 0.377 e. The van der Waals surface area contributed by atoms with E-state index >= 15 is 0 Å². The third kappa shape index (κ3) is 2.37. The number of nitrogens with zero attached hydrogens (tertiary/aromatic N) is 3. The minimum atomic E-state index is -0.104. The molecule has 0 fully saturated rings. The van der Waals surface area contributed by atoms with Crippen molar-refractivity contribution in [1.29, 1.82) is 0 Å². The second-order valence-electron chi connectivity index (χ2n) is 5.84. The van der Waals surface area contributed by atoms with Gasteiger partial charge in [0.2, 0.25) is 5.95 Å². The van der Waals surface area contributed by atoms with Crippen molar-refractivity contribution in [2.45, 2.75) is 0 Å². The Morgan fingerprint density at radius 3 is 2.67 bits per heavy atom. The van der Waals surface area contributed by atoms with Gasteiger partial charge in [0.15, 0.2) is 0 Å². The molecule has 0 saturated heterocycles. The normalized spacial score (nSPS) is 11.3. The lowest BCUT2D eigenvalue weighted by Gasteiger charge is -2.17. The third-order valence-electron chi connectivity index (χ3n) is 4.03. The molecule has 6 heteroatoms. The summed E-state index contributed by atoms with van der Waals surface area (Å²) < 4.78 is 2.78. The van der Waals surface area contributed by atoms with E-state index in [4.69, 9.17) is 0 Å². The Balaban J connectivity index is 2.08. The zero-order valence-corrected chi connectivity index (χ0v) is 15.4. The van der Waals surface area contributed by atoms with Crippen molar-refractivity contribution in [2.24, 2.45) is 0 Å². The highest BCUT2D eigenvalue weighted by molar-refractivity contribution is 14.1. The second kappa shape index (κ2) is 5.62. The summed E-state index contributed by atoms with van der Waals surface area (Å²) in [7, 11) is 3.99. The van der Waals surface area contributed by atoms with Gasteiger partial charge in [-0.2, -0.15) is 0 Å². The summed E-state index contributed by atoms with van der Waals surface area (Å²) in [6, 6.07) is 15.3. The molecule has 0 spiro atoms. The van der Waals surface area contributed by atoms with Gasteiger partial charge in [0.1, 0.15) is 0 Å². The Kier molecular flexibility index (Phi) is 3.56. The predicted octanol–water partition coefficient (Wildman–Crippen LogP) is 3.54. The maximum absolute atomic E-state index is 12.6. The highest BCUT2D eigenvalue weighted by Crippen LogP contribution is 2.27. The molecule has 5 nitrogen and oxygen atoms in total. The van der Waals surface area contributed by atoms with Gasteiger partial charge in [-0.15, -0.1) is 0 Å². The highest BCUT2D eigenvalue weighted by Gasteiger charge is 2.13. The molecule has 0 aliphatic carbocycles. The summed E-state index contributed by atoms with van der Waals surface area (Å²) in [5.41, 5.74) is 3.56. The number of aromatic nitrogens is 3. The van der Waals surface area contributed by atoms with E-state index in [1.807, 2.05) is 55.4 Å². The van der Waals surface area contributed by atoms with Crippen LogP contribution in [0.1, 0.15) is 0 Å². The summed E-state index contributed by atoms with van der Waals surface area (Å²) in [5.74, 6) is 0.540. The summed E-state index contributed by atoms with van der Waals surface area (Å²) in [6.45, 7) is 0. The fraction of sp³-hybridized carbons (Fsp3) is 0.111. The molecule has 0 atom stereocenters. The van der Waals surface area contributed by atoms with E-state index < -0.39 is 0 Å². The van der Waals surface area contributed by atoms with E-state index in [1.165, 1.54) is 0 Å². The van der Waals surface area contributed by atoms with Gasteiger partial charge in [-0.25, -0.2) is 9.55 Å². The van der Waals surface area contributed by atoms with Crippen molar-refractivity contribution in [3.05, 3.63) is 62.5 Å². The summed E-state index contributed by atoms with van der Waals surface area (Å²) in [4.78, 5) is 22.4. The van der Waals surface area contributed by atoms with E-state index in [0.717, 1.165) is 31.2 Å². The first-order chi connectivity index (χ1) is 11.5. The smallest absolute Gasteiger partial charge is 0.257 e. The summed E-state index contributed by atoms with van der Waals surface area (Å²) in [5, 5.41) is 1.00. The lowest BCUT2D eigenvalue weighted by atomic mass is 10.2. The molecule has 1 N–H and O–H groups in total. The fourth-order valence-corrected chi connectivity index (χ4v) is 3.83. The van der Waals surface area contributed by atoms with Crippen LogP contribution in [-0.4, -0.2) is 28.6 Å². The van der Waals surface area contributed by atoms with E-state index in [9.17, 15) is 4.79 Å². The summed E-state index contributed by atoms with van der Waals surface area (Å²) >= 11 is 2.32. The maximum atomic E-state index is 12.6. The van der Waals surface area contributed by atoms with Crippen molar-refractivity contribution in [3.8, 4) is 5.95 Å². The Morgan fingerprint density at radius 2 is 1.92 bits per heavy atom. The van der Waals surface area contributed by atoms with Crippen molar-refractivity contribution < 1.29 is 0 Å². The van der Waals surface area contributed by atoms with Crippen LogP contribution in [0.15, 0.2) is 53.3 Å². The molecule has 4 rings (SSSR count). The lowest BCUT2D eigenvalue weighted by Crippen LogP contribution is -2.19. The molecule has 0 radical (unpaired) electrons. The molecule has 0 saturated carbocycles. The van der Waals surface area contributed by atoms with Crippen LogP contribution in [0.25, 0.3) is 27.9 Å². The van der Waals surface area contributed by atoms with E-state index in [0.29, 0.717) is 5.95 Å². The number of aromatic amines is 1. The third-order valence-corrected chi connectivity index (χ3v) is 4.90. The number of pyridine rings is 1. The molecule has 0 aliphatic rings. The van der Waals surface area contributed by atoms with Gasteiger partial charge in [-0.05, 0) is 52.9 Å². The van der Waals surface area contributed by atoms with Crippen molar-refractivity contribution in [1.82, 2.24) is 14.5 Å². The minimum absolute atomic E-state index is 0.104. The number of nitrogens with one attached hydrogen (secondary N) is 1. The number of H-pyrrole nitrogens is 1. The van der Waals surface area contributed by atoms with Gasteiger partial charge in [-0.3, -0.25) is 4.79 Å². The standard InChI is InChI=1S/C18H15IN4O/c1-22(2)16-10-15-11(9-12(16)19)7-8-17(24)23(15)18-20-13-5-3-4-6-14(13)21-18/h3-10H,1-2H3,(H,20,21).